The summed E-state index contributed by atoms with van der Waals surface area (Å²) in [5.41, 5.74) is 2.86. The smallest absolute Gasteiger partial charge is 0.271 e. The predicted octanol–water partition coefficient (Wildman–Crippen LogP) is 1.08. The number of fused-ring (bicyclic) bond motifs is 1. The van der Waals surface area contributed by atoms with E-state index in [1.165, 1.54) is 18.4 Å². The van der Waals surface area contributed by atoms with Gasteiger partial charge in [-0.1, -0.05) is 0 Å². The lowest BCUT2D eigenvalue weighted by Gasteiger charge is -2.40. The largest absolute Gasteiger partial charge is 0.361 e. The topological polar surface area (TPSA) is 87.1 Å². The number of nitrogens with one attached hydrogen (secondary N) is 1. The van der Waals surface area contributed by atoms with Gasteiger partial charge < -0.3 is 15.1 Å². The number of carbonyl (C=O) groups excluding carboxylic acids is 1. The molecule has 1 aliphatic heterocycles. The molecule has 142 valence electrons. The summed E-state index contributed by atoms with van der Waals surface area (Å²) in [5.74, 6) is 1.93. The zero-order valence-corrected chi connectivity index (χ0v) is 15.9. The first-order valence-corrected chi connectivity index (χ1v) is 9.50. The van der Waals surface area contributed by atoms with Crippen molar-refractivity contribution in [1.29, 1.82) is 0 Å². The second kappa shape index (κ2) is 7.46. The molecule has 8 heteroatoms. The van der Waals surface area contributed by atoms with Gasteiger partial charge in [0.25, 0.3) is 5.91 Å². The van der Waals surface area contributed by atoms with E-state index in [-0.39, 0.29) is 5.91 Å². The van der Waals surface area contributed by atoms with Crippen molar-refractivity contribution in [3.8, 4) is 0 Å². The first kappa shape index (κ1) is 17.6. The molecule has 1 N–H and O–H groups in total. The molecule has 0 spiro atoms. The van der Waals surface area contributed by atoms with Crippen molar-refractivity contribution in [3.63, 3.8) is 0 Å². The monoisotopic (exact) mass is 367 g/mol. The third-order valence-corrected chi connectivity index (χ3v) is 5.23. The van der Waals surface area contributed by atoms with Gasteiger partial charge in [0.1, 0.15) is 0 Å². The van der Waals surface area contributed by atoms with E-state index in [9.17, 15) is 4.79 Å². The molecule has 1 amide bonds. The van der Waals surface area contributed by atoms with Crippen LogP contribution in [0.25, 0.3) is 0 Å². The minimum Gasteiger partial charge on any atom is -0.361 e. The molecule has 8 nitrogen and oxygen atoms in total. The Labute approximate surface area is 159 Å². The number of hydrogen-bond donors (Lipinski definition) is 1. The fraction of sp³-hybridized carbons (Fsp3) is 0.526. The van der Waals surface area contributed by atoms with Gasteiger partial charge in [-0.3, -0.25) is 4.79 Å². The van der Waals surface area contributed by atoms with Crippen LogP contribution in [0.4, 0.5) is 11.6 Å². The van der Waals surface area contributed by atoms with E-state index in [4.69, 9.17) is 0 Å². The van der Waals surface area contributed by atoms with Gasteiger partial charge in [-0.15, -0.1) is 15.3 Å². The molecule has 2 aliphatic rings. The standard InChI is InChI=1S/C19H25N7O/c1-25(2)17-8-7-16(22-23-17)19(27)20-10-13-11-26(12-13)18-9-14-5-3-4-6-15(14)21-24-18/h7-9,13H,3-6,10-12H2,1-2H3,(H,20,27). The minimum absolute atomic E-state index is 0.181. The third-order valence-electron chi connectivity index (χ3n) is 5.23. The molecule has 3 heterocycles. The van der Waals surface area contributed by atoms with Crippen LogP contribution in [0.15, 0.2) is 18.2 Å². The number of amides is 1. The normalized spacial score (nSPS) is 16.4. The highest BCUT2D eigenvalue weighted by atomic mass is 16.1. The molecule has 1 fully saturated rings. The van der Waals surface area contributed by atoms with Crippen molar-refractivity contribution in [2.75, 3.05) is 43.5 Å². The summed E-state index contributed by atoms with van der Waals surface area (Å²) in [6.07, 6.45) is 4.62. The van der Waals surface area contributed by atoms with Crippen LogP contribution in [-0.2, 0) is 12.8 Å². The molecule has 2 aromatic rings. The number of nitrogens with zero attached hydrogens (tertiary/aromatic N) is 6. The molecule has 1 saturated heterocycles. The first-order chi connectivity index (χ1) is 13.1. The maximum Gasteiger partial charge on any atom is 0.271 e. The Balaban J connectivity index is 1.26. The van der Waals surface area contributed by atoms with Crippen molar-refractivity contribution in [2.45, 2.75) is 25.7 Å². The van der Waals surface area contributed by atoms with Gasteiger partial charge in [0.2, 0.25) is 0 Å². The van der Waals surface area contributed by atoms with Crippen molar-refractivity contribution >= 4 is 17.5 Å². The van der Waals surface area contributed by atoms with E-state index in [1.807, 2.05) is 19.0 Å². The maximum absolute atomic E-state index is 12.2. The summed E-state index contributed by atoms with van der Waals surface area (Å²) in [4.78, 5) is 16.3. The van der Waals surface area contributed by atoms with Crippen LogP contribution in [-0.4, -0.2) is 60.0 Å². The fourth-order valence-corrected chi connectivity index (χ4v) is 3.53. The van der Waals surface area contributed by atoms with Crippen molar-refractivity contribution in [2.24, 2.45) is 5.92 Å². The van der Waals surface area contributed by atoms with Crippen LogP contribution >= 0.6 is 0 Å². The molecule has 1 aliphatic carbocycles. The second-order valence-corrected chi connectivity index (χ2v) is 7.53. The zero-order valence-electron chi connectivity index (χ0n) is 15.9. The van der Waals surface area contributed by atoms with Gasteiger partial charge in [0, 0.05) is 39.6 Å². The molecular weight excluding hydrogens is 342 g/mol. The Morgan fingerprint density at radius 1 is 1.15 bits per heavy atom. The lowest BCUT2D eigenvalue weighted by Crippen LogP contribution is -2.52. The zero-order chi connectivity index (χ0) is 18.8. The average Bonchev–Trinajstić information content (AvgIpc) is 2.66. The summed E-state index contributed by atoms with van der Waals surface area (Å²) in [6, 6.07) is 5.69. The third kappa shape index (κ3) is 3.84. The predicted molar refractivity (Wildman–Crippen MR) is 103 cm³/mol. The Morgan fingerprint density at radius 3 is 2.70 bits per heavy atom. The van der Waals surface area contributed by atoms with E-state index in [1.54, 1.807) is 12.1 Å². The van der Waals surface area contributed by atoms with Gasteiger partial charge in [0.15, 0.2) is 17.3 Å². The lowest BCUT2D eigenvalue weighted by molar-refractivity contribution is 0.0938. The molecule has 4 rings (SSSR count). The molecule has 27 heavy (non-hydrogen) atoms. The summed E-state index contributed by atoms with van der Waals surface area (Å²) >= 11 is 0. The van der Waals surface area contributed by atoms with E-state index >= 15 is 0 Å². The molecule has 0 saturated carbocycles. The molecule has 0 radical (unpaired) electrons. The Hall–Kier alpha value is -2.77. The van der Waals surface area contributed by atoms with Crippen LogP contribution in [0.3, 0.4) is 0 Å². The van der Waals surface area contributed by atoms with Crippen LogP contribution < -0.4 is 15.1 Å². The maximum atomic E-state index is 12.2. The minimum atomic E-state index is -0.181. The summed E-state index contributed by atoms with van der Waals surface area (Å²) in [6.45, 7) is 2.41. The van der Waals surface area contributed by atoms with Crippen molar-refractivity contribution in [1.82, 2.24) is 25.7 Å². The van der Waals surface area contributed by atoms with Crippen LogP contribution in [0.2, 0.25) is 0 Å². The number of hydrogen-bond acceptors (Lipinski definition) is 7. The van der Waals surface area contributed by atoms with Gasteiger partial charge in [0.05, 0.1) is 5.69 Å². The summed E-state index contributed by atoms with van der Waals surface area (Å²) < 4.78 is 0. The van der Waals surface area contributed by atoms with E-state index in [0.717, 1.165) is 43.3 Å². The number of aryl methyl sites for hydroxylation is 2. The van der Waals surface area contributed by atoms with E-state index in [2.05, 4.69) is 36.7 Å². The number of anilines is 2. The van der Waals surface area contributed by atoms with Crippen molar-refractivity contribution in [3.05, 3.63) is 35.2 Å². The summed E-state index contributed by atoms with van der Waals surface area (Å²) in [7, 11) is 3.78. The molecular formula is C19H25N7O. The number of carbonyl (C=O) groups is 1. The lowest BCUT2D eigenvalue weighted by atomic mass is 9.95. The highest BCUT2D eigenvalue weighted by Gasteiger charge is 2.29. The number of aromatic nitrogens is 4. The van der Waals surface area contributed by atoms with Gasteiger partial charge in [-0.25, -0.2) is 0 Å². The van der Waals surface area contributed by atoms with E-state index in [0.29, 0.717) is 18.2 Å². The Kier molecular flexibility index (Phi) is 4.87. The van der Waals surface area contributed by atoms with Crippen molar-refractivity contribution < 1.29 is 4.79 Å². The molecule has 0 unspecified atom stereocenters. The highest BCUT2D eigenvalue weighted by Crippen LogP contribution is 2.26. The average molecular weight is 367 g/mol. The van der Waals surface area contributed by atoms with Crippen LogP contribution in [0.1, 0.15) is 34.6 Å². The second-order valence-electron chi connectivity index (χ2n) is 7.53. The highest BCUT2D eigenvalue weighted by molar-refractivity contribution is 5.92. The molecule has 0 atom stereocenters. The molecule has 0 aromatic carbocycles. The number of rotatable bonds is 5. The SMILES string of the molecule is CN(C)c1ccc(C(=O)NCC2CN(c3cc4c(nn3)CCCC4)C2)nn1. The summed E-state index contributed by atoms with van der Waals surface area (Å²) in [5, 5.41) is 19.8. The first-order valence-electron chi connectivity index (χ1n) is 9.50. The van der Waals surface area contributed by atoms with Crippen LogP contribution in [0.5, 0.6) is 0 Å². The Bertz CT molecular complexity index is 815. The molecule has 2 aromatic heterocycles. The Morgan fingerprint density at radius 2 is 1.96 bits per heavy atom. The fourth-order valence-electron chi connectivity index (χ4n) is 3.53. The van der Waals surface area contributed by atoms with Gasteiger partial charge >= 0.3 is 0 Å². The quantitative estimate of drug-likeness (QED) is 0.846. The van der Waals surface area contributed by atoms with Gasteiger partial charge in [-0.05, 0) is 49.4 Å². The van der Waals surface area contributed by atoms with E-state index < -0.39 is 0 Å². The van der Waals surface area contributed by atoms with Crippen LogP contribution in [0, 0.1) is 5.92 Å². The van der Waals surface area contributed by atoms with Gasteiger partial charge in [-0.2, -0.15) is 5.10 Å². The molecule has 0 bridgehead atoms.